The van der Waals surface area contributed by atoms with Crippen LogP contribution in [0.2, 0.25) is 0 Å². The average molecular weight is 375 g/mol. The maximum absolute atomic E-state index is 13.9. The van der Waals surface area contributed by atoms with Gasteiger partial charge in [0.05, 0.1) is 0 Å². The van der Waals surface area contributed by atoms with E-state index in [-0.39, 0.29) is 5.82 Å². The van der Waals surface area contributed by atoms with Crippen molar-refractivity contribution in [1.29, 1.82) is 0 Å². The second-order valence-corrected chi connectivity index (χ2v) is 6.22. The summed E-state index contributed by atoms with van der Waals surface area (Å²) >= 11 is 0. The van der Waals surface area contributed by atoms with Crippen molar-refractivity contribution >= 4 is 17.5 Å². The molecule has 0 atom stereocenters. The van der Waals surface area contributed by atoms with Crippen LogP contribution in [-0.2, 0) is 6.54 Å². The van der Waals surface area contributed by atoms with Crippen molar-refractivity contribution in [3.8, 4) is 11.4 Å². The molecule has 0 unspecified atom stereocenters. The summed E-state index contributed by atoms with van der Waals surface area (Å²) in [5, 5.41) is 10.2. The average Bonchev–Trinajstić information content (AvgIpc) is 3.12. The van der Waals surface area contributed by atoms with E-state index in [9.17, 15) is 4.39 Å². The van der Waals surface area contributed by atoms with E-state index in [2.05, 4.69) is 25.8 Å². The highest BCUT2D eigenvalue weighted by Gasteiger charge is 2.10. The van der Waals surface area contributed by atoms with E-state index in [0.717, 1.165) is 5.56 Å². The summed E-state index contributed by atoms with van der Waals surface area (Å²) in [5.74, 6) is 2.65. The fraction of sp³-hybridized carbons (Fsp3) is 0.0952. The van der Waals surface area contributed by atoms with Crippen molar-refractivity contribution < 1.29 is 8.91 Å². The minimum atomic E-state index is -0.260. The summed E-state index contributed by atoms with van der Waals surface area (Å²) in [7, 11) is 0. The third kappa shape index (κ3) is 4.15. The van der Waals surface area contributed by atoms with E-state index in [1.54, 1.807) is 30.3 Å². The van der Waals surface area contributed by atoms with Crippen LogP contribution in [0.15, 0.2) is 71.3 Å². The van der Waals surface area contributed by atoms with Crippen LogP contribution >= 0.6 is 0 Å². The molecule has 28 heavy (non-hydrogen) atoms. The molecular weight excluding hydrogens is 357 g/mol. The Hall–Kier alpha value is -3.74. The number of aryl methyl sites for hydroxylation is 1. The van der Waals surface area contributed by atoms with E-state index >= 15 is 0 Å². The van der Waals surface area contributed by atoms with Crippen molar-refractivity contribution in [3.05, 3.63) is 83.9 Å². The second kappa shape index (κ2) is 7.87. The van der Waals surface area contributed by atoms with Crippen molar-refractivity contribution in [2.24, 2.45) is 0 Å². The molecule has 0 aliphatic rings. The van der Waals surface area contributed by atoms with Crippen LogP contribution in [-0.4, -0.2) is 15.1 Å². The summed E-state index contributed by atoms with van der Waals surface area (Å²) in [6, 6.07) is 19.8. The summed E-state index contributed by atoms with van der Waals surface area (Å²) in [6.45, 7) is 2.12. The number of nitrogens with zero attached hydrogens (tertiary/aromatic N) is 3. The Morgan fingerprint density at radius 3 is 2.39 bits per heavy atom. The van der Waals surface area contributed by atoms with Gasteiger partial charge < -0.3 is 15.2 Å². The van der Waals surface area contributed by atoms with Crippen LogP contribution in [0.25, 0.3) is 11.4 Å². The molecule has 0 spiro atoms. The highest BCUT2D eigenvalue weighted by atomic mass is 19.1. The first-order valence-corrected chi connectivity index (χ1v) is 8.79. The number of halogens is 1. The smallest absolute Gasteiger partial charge is 0.175 e. The molecule has 0 bridgehead atoms. The number of nitrogens with one attached hydrogen (secondary N) is 2. The number of benzene rings is 2. The number of aromatic nitrogens is 3. The van der Waals surface area contributed by atoms with E-state index in [4.69, 9.17) is 4.52 Å². The molecule has 0 aliphatic carbocycles. The van der Waals surface area contributed by atoms with Gasteiger partial charge in [0.1, 0.15) is 23.2 Å². The third-order valence-corrected chi connectivity index (χ3v) is 4.06. The van der Waals surface area contributed by atoms with Gasteiger partial charge in [0, 0.05) is 29.8 Å². The van der Waals surface area contributed by atoms with Crippen LogP contribution in [0.3, 0.4) is 0 Å². The normalized spacial score (nSPS) is 10.6. The monoisotopic (exact) mass is 375 g/mol. The molecule has 0 aliphatic heterocycles. The summed E-state index contributed by atoms with van der Waals surface area (Å²) in [4.78, 5) is 9.13. The molecule has 4 aromatic rings. The van der Waals surface area contributed by atoms with E-state index in [1.165, 1.54) is 6.07 Å². The van der Waals surface area contributed by atoms with Crippen LogP contribution in [0.1, 0.15) is 11.3 Å². The molecule has 0 saturated carbocycles. The summed E-state index contributed by atoms with van der Waals surface area (Å²) < 4.78 is 19.0. The van der Waals surface area contributed by atoms with Crippen LogP contribution < -0.4 is 10.6 Å². The highest BCUT2D eigenvalue weighted by molar-refractivity contribution is 5.63. The first kappa shape index (κ1) is 17.7. The lowest BCUT2D eigenvalue weighted by Gasteiger charge is -2.11. The lowest BCUT2D eigenvalue weighted by molar-refractivity contribution is 0.400. The molecule has 2 aromatic heterocycles. The number of rotatable bonds is 6. The van der Waals surface area contributed by atoms with E-state index in [1.807, 2.05) is 37.3 Å². The molecular formula is C21H18FN5O. The number of hydrogen-bond donors (Lipinski definition) is 2. The Balaban J connectivity index is 1.64. The second-order valence-electron chi connectivity index (χ2n) is 6.22. The van der Waals surface area contributed by atoms with E-state index in [0.29, 0.717) is 41.1 Å². The molecule has 2 aromatic carbocycles. The maximum atomic E-state index is 13.9. The quantitative estimate of drug-likeness (QED) is 0.497. The largest absolute Gasteiger partial charge is 0.366 e. The fourth-order valence-corrected chi connectivity index (χ4v) is 2.70. The van der Waals surface area contributed by atoms with Crippen LogP contribution in [0, 0.1) is 12.7 Å². The van der Waals surface area contributed by atoms with Gasteiger partial charge in [0.25, 0.3) is 0 Å². The molecule has 0 amide bonds. The third-order valence-electron chi connectivity index (χ3n) is 4.06. The molecule has 0 fully saturated rings. The standard InChI is InChI=1S/C21H18FN5O/c1-14-11-20(27-28-14)24-19-12-18(23-13-16-9-5-6-10-17(16)22)25-21(26-19)15-7-3-2-4-8-15/h2-12H,13H2,1H3,(H2,23,24,25,26,27). The molecule has 0 saturated heterocycles. The van der Waals surface area contributed by atoms with Crippen molar-refractivity contribution in [2.75, 3.05) is 10.6 Å². The SMILES string of the molecule is Cc1cc(Nc2cc(NCc3ccccc3F)nc(-c3ccccc3)n2)no1. The van der Waals surface area contributed by atoms with Gasteiger partial charge in [-0.3, -0.25) is 0 Å². The van der Waals surface area contributed by atoms with Gasteiger partial charge in [-0.15, -0.1) is 0 Å². The molecule has 0 radical (unpaired) electrons. The number of hydrogen-bond acceptors (Lipinski definition) is 6. The molecule has 2 heterocycles. The Labute approximate surface area is 161 Å². The highest BCUT2D eigenvalue weighted by Crippen LogP contribution is 2.23. The Kier molecular flexibility index (Phi) is 4.97. The first-order valence-electron chi connectivity index (χ1n) is 8.79. The zero-order valence-electron chi connectivity index (χ0n) is 15.2. The van der Waals surface area contributed by atoms with Crippen LogP contribution in [0.4, 0.5) is 21.8 Å². The van der Waals surface area contributed by atoms with Crippen molar-refractivity contribution in [1.82, 2.24) is 15.1 Å². The zero-order valence-corrected chi connectivity index (χ0v) is 15.2. The van der Waals surface area contributed by atoms with Crippen LogP contribution in [0.5, 0.6) is 0 Å². The molecule has 2 N–H and O–H groups in total. The fourth-order valence-electron chi connectivity index (χ4n) is 2.70. The molecule has 6 nitrogen and oxygen atoms in total. The van der Waals surface area contributed by atoms with Gasteiger partial charge in [0.2, 0.25) is 0 Å². The lowest BCUT2D eigenvalue weighted by atomic mass is 10.2. The van der Waals surface area contributed by atoms with Gasteiger partial charge in [-0.05, 0) is 13.0 Å². The number of anilines is 3. The van der Waals surface area contributed by atoms with Crippen molar-refractivity contribution in [2.45, 2.75) is 13.5 Å². The van der Waals surface area contributed by atoms with Crippen molar-refractivity contribution in [3.63, 3.8) is 0 Å². The Morgan fingerprint density at radius 1 is 0.893 bits per heavy atom. The Morgan fingerprint density at radius 2 is 1.64 bits per heavy atom. The topological polar surface area (TPSA) is 75.9 Å². The van der Waals surface area contributed by atoms with E-state index < -0.39 is 0 Å². The molecule has 140 valence electrons. The molecule has 7 heteroatoms. The van der Waals surface area contributed by atoms with Gasteiger partial charge >= 0.3 is 0 Å². The maximum Gasteiger partial charge on any atom is 0.175 e. The van der Waals surface area contributed by atoms with Gasteiger partial charge in [-0.25, -0.2) is 14.4 Å². The van der Waals surface area contributed by atoms with Gasteiger partial charge in [0.15, 0.2) is 11.6 Å². The van der Waals surface area contributed by atoms with Gasteiger partial charge in [-0.2, -0.15) is 0 Å². The minimum absolute atomic E-state index is 0.260. The summed E-state index contributed by atoms with van der Waals surface area (Å²) in [5.41, 5.74) is 1.43. The van der Waals surface area contributed by atoms with Gasteiger partial charge in [-0.1, -0.05) is 53.7 Å². The summed E-state index contributed by atoms with van der Waals surface area (Å²) in [6.07, 6.45) is 0. The predicted molar refractivity (Wildman–Crippen MR) is 106 cm³/mol. The Bertz CT molecular complexity index is 1080. The lowest BCUT2D eigenvalue weighted by Crippen LogP contribution is -2.06. The zero-order chi connectivity index (χ0) is 19.3. The predicted octanol–water partition coefficient (Wildman–Crippen LogP) is 4.93. The minimum Gasteiger partial charge on any atom is -0.366 e. The molecule has 4 rings (SSSR count). The first-order chi connectivity index (χ1) is 13.7.